The van der Waals surface area contributed by atoms with Gasteiger partial charge in [-0.3, -0.25) is 0 Å². The van der Waals surface area contributed by atoms with E-state index in [-0.39, 0.29) is 6.61 Å². The molecule has 15 heavy (non-hydrogen) atoms. The van der Waals surface area contributed by atoms with Crippen LogP contribution in [0.15, 0.2) is 24.3 Å². The largest absolute Gasteiger partial charge is 0.497 e. The molecule has 0 aliphatic rings. The molecule has 3 nitrogen and oxygen atoms in total. The molecule has 0 spiro atoms. The Labute approximate surface area is 90.0 Å². The van der Waals surface area contributed by atoms with Crippen molar-refractivity contribution in [2.75, 3.05) is 20.8 Å². The second kappa shape index (κ2) is 6.09. The van der Waals surface area contributed by atoms with Gasteiger partial charge in [-0.05, 0) is 18.6 Å². The molecule has 0 saturated carbocycles. The molecular formula is C12H16O3. The molecular weight excluding hydrogens is 192 g/mol. The van der Waals surface area contributed by atoms with E-state index in [1.807, 2.05) is 30.4 Å². The standard InChI is InChI=1S/C12H16O3/c1-14-11-7-6-10(5-3-4-8-13)12(9-11)15-2/h3,5-7,9,13H,4,8H2,1-2H3. The third-order valence-corrected chi connectivity index (χ3v) is 2.03. The van der Waals surface area contributed by atoms with Gasteiger partial charge in [0.15, 0.2) is 0 Å². The van der Waals surface area contributed by atoms with E-state index in [1.54, 1.807) is 14.2 Å². The molecule has 3 heteroatoms. The van der Waals surface area contributed by atoms with E-state index in [0.717, 1.165) is 17.1 Å². The summed E-state index contributed by atoms with van der Waals surface area (Å²) < 4.78 is 10.3. The minimum Gasteiger partial charge on any atom is -0.497 e. The third kappa shape index (κ3) is 3.29. The molecule has 1 aromatic carbocycles. The van der Waals surface area contributed by atoms with Crippen LogP contribution in [-0.4, -0.2) is 25.9 Å². The SMILES string of the molecule is COc1ccc(C=CCCO)c(OC)c1. The number of rotatable bonds is 5. The molecule has 0 aliphatic carbocycles. The molecule has 0 aliphatic heterocycles. The first-order valence-electron chi connectivity index (χ1n) is 4.81. The second-order valence-electron chi connectivity index (χ2n) is 3.02. The van der Waals surface area contributed by atoms with Crippen molar-refractivity contribution in [1.82, 2.24) is 0 Å². The summed E-state index contributed by atoms with van der Waals surface area (Å²) in [6.07, 6.45) is 4.48. The maximum atomic E-state index is 8.65. The van der Waals surface area contributed by atoms with E-state index in [0.29, 0.717) is 6.42 Å². The van der Waals surface area contributed by atoms with E-state index in [9.17, 15) is 0 Å². The summed E-state index contributed by atoms with van der Waals surface area (Å²) in [4.78, 5) is 0. The normalized spacial score (nSPS) is 10.6. The van der Waals surface area contributed by atoms with Gasteiger partial charge in [0.1, 0.15) is 11.5 Å². The van der Waals surface area contributed by atoms with Crippen LogP contribution in [0, 0.1) is 0 Å². The Morgan fingerprint density at radius 1 is 1.27 bits per heavy atom. The Morgan fingerprint density at radius 2 is 2.07 bits per heavy atom. The van der Waals surface area contributed by atoms with E-state index in [1.165, 1.54) is 0 Å². The van der Waals surface area contributed by atoms with Gasteiger partial charge < -0.3 is 14.6 Å². The Morgan fingerprint density at radius 3 is 2.67 bits per heavy atom. The first-order valence-corrected chi connectivity index (χ1v) is 4.81. The number of hydrogen-bond donors (Lipinski definition) is 1. The topological polar surface area (TPSA) is 38.7 Å². The van der Waals surface area contributed by atoms with Crippen molar-refractivity contribution < 1.29 is 14.6 Å². The van der Waals surface area contributed by atoms with Crippen molar-refractivity contribution in [1.29, 1.82) is 0 Å². The van der Waals surface area contributed by atoms with Crippen LogP contribution in [0.4, 0.5) is 0 Å². The fourth-order valence-electron chi connectivity index (χ4n) is 1.24. The van der Waals surface area contributed by atoms with Gasteiger partial charge >= 0.3 is 0 Å². The smallest absolute Gasteiger partial charge is 0.129 e. The molecule has 1 rings (SSSR count). The minimum atomic E-state index is 0.162. The average molecular weight is 208 g/mol. The number of benzene rings is 1. The van der Waals surface area contributed by atoms with Crippen molar-refractivity contribution in [3.05, 3.63) is 29.8 Å². The summed E-state index contributed by atoms with van der Waals surface area (Å²) in [5.74, 6) is 1.54. The molecule has 0 saturated heterocycles. The summed E-state index contributed by atoms with van der Waals surface area (Å²) in [5.41, 5.74) is 0.978. The highest BCUT2D eigenvalue weighted by Crippen LogP contribution is 2.25. The van der Waals surface area contributed by atoms with Gasteiger partial charge in [0, 0.05) is 18.2 Å². The van der Waals surface area contributed by atoms with Crippen LogP contribution in [0.5, 0.6) is 11.5 Å². The lowest BCUT2D eigenvalue weighted by atomic mass is 10.1. The zero-order valence-electron chi connectivity index (χ0n) is 9.06. The molecule has 0 atom stereocenters. The van der Waals surface area contributed by atoms with Crippen LogP contribution in [0.25, 0.3) is 6.08 Å². The average Bonchev–Trinajstić information content (AvgIpc) is 2.29. The Bertz CT molecular complexity index is 332. The fraction of sp³-hybridized carbons (Fsp3) is 0.333. The quantitative estimate of drug-likeness (QED) is 0.805. The predicted octanol–water partition coefficient (Wildman–Crippen LogP) is 2.10. The maximum absolute atomic E-state index is 8.65. The molecule has 0 aromatic heterocycles. The summed E-state index contributed by atoms with van der Waals surface area (Å²) in [7, 11) is 3.24. The summed E-state index contributed by atoms with van der Waals surface area (Å²) >= 11 is 0. The van der Waals surface area contributed by atoms with Gasteiger partial charge in [0.2, 0.25) is 0 Å². The minimum absolute atomic E-state index is 0.162. The second-order valence-corrected chi connectivity index (χ2v) is 3.02. The van der Waals surface area contributed by atoms with Crippen LogP contribution >= 0.6 is 0 Å². The van der Waals surface area contributed by atoms with Crippen molar-refractivity contribution in [3.8, 4) is 11.5 Å². The lowest BCUT2D eigenvalue weighted by Crippen LogP contribution is -1.89. The molecule has 0 heterocycles. The fourth-order valence-corrected chi connectivity index (χ4v) is 1.24. The van der Waals surface area contributed by atoms with Gasteiger partial charge in [0.25, 0.3) is 0 Å². The first-order chi connectivity index (χ1) is 7.31. The number of aliphatic hydroxyl groups excluding tert-OH is 1. The highest BCUT2D eigenvalue weighted by Gasteiger charge is 2.01. The molecule has 0 unspecified atom stereocenters. The van der Waals surface area contributed by atoms with Gasteiger partial charge in [-0.25, -0.2) is 0 Å². The van der Waals surface area contributed by atoms with Gasteiger partial charge in [-0.15, -0.1) is 0 Å². The molecule has 0 bridgehead atoms. The number of ether oxygens (including phenoxy) is 2. The summed E-state index contributed by atoms with van der Waals surface area (Å²) in [6, 6.07) is 5.63. The van der Waals surface area contributed by atoms with Gasteiger partial charge in [-0.1, -0.05) is 12.2 Å². The van der Waals surface area contributed by atoms with Crippen LogP contribution in [0.2, 0.25) is 0 Å². The number of aliphatic hydroxyl groups is 1. The lowest BCUT2D eigenvalue weighted by Gasteiger charge is -2.07. The third-order valence-electron chi connectivity index (χ3n) is 2.03. The highest BCUT2D eigenvalue weighted by molar-refractivity contribution is 5.59. The van der Waals surface area contributed by atoms with Crippen LogP contribution in [0.1, 0.15) is 12.0 Å². The van der Waals surface area contributed by atoms with E-state index in [4.69, 9.17) is 14.6 Å². The van der Waals surface area contributed by atoms with Gasteiger partial charge in [0.05, 0.1) is 14.2 Å². The molecule has 1 N–H and O–H groups in total. The van der Waals surface area contributed by atoms with E-state index >= 15 is 0 Å². The molecule has 82 valence electrons. The molecule has 0 fully saturated rings. The van der Waals surface area contributed by atoms with Crippen molar-refractivity contribution in [3.63, 3.8) is 0 Å². The Balaban J connectivity index is 2.87. The molecule has 0 amide bonds. The zero-order valence-corrected chi connectivity index (χ0v) is 9.06. The van der Waals surface area contributed by atoms with E-state index < -0.39 is 0 Å². The molecule has 1 aromatic rings. The Hall–Kier alpha value is -1.48. The lowest BCUT2D eigenvalue weighted by molar-refractivity contribution is 0.303. The van der Waals surface area contributed by atoms with Crippen LogP contribution in [0.3, 0.4) is 0 Å². The zero-order chi connectivity index (χ0) is 11.1. The summed E-state index contributed by atoms with van der Waals surface area (Å²) in [5, 5.41) is 8.65. The molecule has 0 radical (unpaired) electrons. The van der Waals surface area contributed by atoms with Crippen molar-refractivity contribution >= 4 is 6.08 Å². The number of methoxy groups -OCH3 is 2. The van der Waals surface area contributed by atoms with Crippen molar-refractivity contribution in [2.45, 2.75) is 6.42 Å². The maximum Gasteiger partial charge on any atom is 0.129 e. The van der Waals surface area contributed by atoms with E-state index in [2.05, 4.69) is 0 Å². The Kier molecular flexibility index (Phi) is 4.71. The first kappa shape index (κ1) is 11.6. The number of hydrogen-bond acceptors (Lipinski definition) is 3. The van der Waals surface area contributed by atoms with Crippen molar-refractivity contribution in [2.24, 2.45) is 0 Å². The highest BCUT2D eigenvalue weighted by atomic mass is 16.5. The predicted molar refractivity (Wildman–Crippen MR) is 60.3 cm³/mol. The summed E-state index contributed by atoms with van der Waals surface area (Å²) in [6.45, 7) is 0.162. The van der Waals surface area contributed by atoms with Crippen LogP contribution < -0.4 is 9.47 Å². The monoisotopic (exact) mass is 208 g/mol. The van der Waals surface area contributed by atoms with Gasteiger partial charge in [-0.2, -0.15) is 0 Å². The van der Waals surface area contributed by atoms with Crippen LogP contribution in [-0.2, 0) is 0 Å².